The van der Waals surface area contributed by atoms with E-state index in [0.717, 1.165) is 32.1 Å². The Kier molecular flexibility index (Phi) is 3.53. The molecule has 1 fully saturated rings. The lowest BCUT2D eigenvalue weighted by Crippen LogP contribution is -2.40. The third-order valence-electron chi connectivity index (χ3n) is 2.31. The largest absolute Gasteiger partial charge is 0.481 e. The van der Waals surface area contributed by atoms with Gasteiger partial charge in [-0.05, 0) is 6.92 Å². The number of hydrogen-bond donors (Lipinski definition) is 1. The van der Waals surface area contributed by atoms with Crippen LogP contribution in [0.1, 0.15) is 5.82 Å². The van der Waals surface area contributed by atoms with Crippen LogP contribution in [0.25, 0.3) is 0 Å². The SMILES string of the molecule is COc1cc(NN2CCOCC2)nc(C)n1. The summed E-state index contributed by atoms with van der Waals surface area (Å²) in [5.41, 5.74) is 3.22. The summed E-state index contributed by atoms with van der Waals surface area (Å²) in [6, 6.07) is 1.78. The van der Waals surface area contributed by atoms with Crippen molar-refractivity contribution in [2.24, 2.45) is 0 Å². The minimum absolute atomic E-state index is 0.572. The minimum Gasteiger partial charge on any atom is -0.481 e. The van der Waals surface area contributed by atoms with E-state index in [2.05, 4.69) is 20.4 Å². The number of rotatable bonds is 3. The zero-order valence-corrected chi connectivity index (χ0v) is 9.56. The molecule has 0 saturated carbocycles. The van der Waals surface area contributed by atoms with Gasteiger partial charge >= 0.3 is 0 Å². The topological polar surface area (TPSA) is 59.5 Å². The molecule has 0 spiro atoms. The van der Waals surface area contributed by atoms with Crippen LogP contribution in [0.15, 0.2) is 6.07 Å². The number of ether oxygens (including phenoxy) is 2. The Balaban J connectivity index is 2.04. The Morgan fingerprint density at radius 1 is 1.38 bits per heavy atom. The summed E-state index contributed by atoms with van der Waals surface area (Å²) in [7, 11) is 1.60. The summed E-state index contributed by atoms with van der Waals surface area (Å²) in [5, 5.41) is 2.07. The van der Waals surface area contributed by atoms with Gasteiger partial charge in [0.1, 0.15) is 11.6 Å². The standard InChI is InChI=1S/C10H16N4O2/c1-8-11-9(7-10(12-8)15-2)13-14-3-5-16-6-4-14/h7H,3-6H2,1-2H3,(H,11,12,13). The first-order valence-electron chi connectivity index (χ1n) is 5.27. The normalized spacial score (nSPS) is 17.1. The van der Waals surface area contributed by atoms with Crippen molar-refractivity contribution >= 4 is 5.82 Å². The van der Waals surface area contributed by atoms with Crippen LogP contribution >= 0.6 is 0 Å². The third-order valence-corrected chi connectivity index (χ3v) is 2.31. The molecule has 1 aromatic heterocycles. The van der Waals surface area contributed by atoms with Crippen molar-refractivity contribution in [1.29, 1.82) is 0 Å². The molecule has 1 N–H and O–H groups in total. The molecule has 1 aliphatic rings. The Morgan fingerprint density at radius 3 is 2.81 bits per heavy atom. The van der Waals surface area contributed by atoms with Crippen molar-refractivity contribution in [3.8, 4) is 5.88 Å². The van der Waals surface area contributed by atoms with Crippen molar-refractivity contribution in [3.63, 3.8) is 0 Å². The molecule has 0 unspecified atom stereocenters. The van der Waals surface area contributed by atoms with Crippen LogP contribution < -0.4 is 10.2 Å². The lowest BCUT2D eigenvalue weighted by atomic mass is 10.5. The lowest BCUT2D eigenvalue weighted by Gasteiger charge is -2.27. The Morgan fingerprint density at radius 2 is 2.12 bits per heavy atom. The van der Waals surface area contributed by atoms with E-state index in [1.165, 1.54) is 0 Å². The first-order valence-corrected chi connectivity index (χ1v) is 5.27. The van der Waals surface area contributed by atoms with Crippen molar-refractivity contribution in [3.05, 3.63) is 11.9 Å². The molecule has 0 radical (unpaired) electrons. The second-order valence-corrected chi connectivity index (χ2v) is 3.55. The molecule has 2 heterocycles. The molecule has 0 aromatic carbocycles. The molecule has 2 rings (SSSR count). The number of hydrazine groups is 1. The summed E-state index contributed by atoms with van der Waals surface area (Å²) >= 11 is 0. The van der Waals surface area contributed by atoms with E-state index in [0.29, 0.717) is 11.7 Å². The Hall–Kier alpha value is -1.40. The summed E-state index contributed by atoms with van der Waals surface area (Å²) < 4.78 is 10.4. The smallest absolute Gasteiger partial charge is 0.218 e. The molecule has 0 bridgehead atoms. The Labute approximate surface area is 94.6 Å². The van der Waals surface area contributed by atoms with Gasteiger partial charge in [0.15, 0.2) is 0 Å². The van der Waals surface area contributed by atoms with Crippen molar-refractivity contribution in [2.75, 3.05) is 38.8 Å². The van der Waals surface area contributed by atoms with Crippen LogP contribution in [-0.2, 0) is 4.74 Å². The zero-order valence-electron chi connectivity index (χ0n) is 9.56. The van der Waals surface area contributed by atoms with Crippen LogP contribution in [-0.4, -0.2) is 48.4 Å². The molecular weight excluding hydrogens is 208 g/mol. The van der Waals surface area contributed by atoms with Crippen LogP contribution in [0, 0.1) is 6.92 Å². The van der Waals surface area contributed by atoms with E-state index in [1.54, 1.807) is 13.2 Å². The van der Waals surface area contributed by atoms with E-state index in [9.17, 15) is 0 Å². The van der Waals surface area contributed by atoms with Crippen molar-refractivity contribution in [2.45, 2.75) is 6.92 Å². The monoisotopic (exact) mass is 224 g/mol. The first-order chi connectivity index (χ1) is 7.78. The van der Waals surface area contributed by atoms with E-state index < -0.39 is 0 Å². The van der Waals surface area contributed by atoms with Gasteiger partial charge in [-0.25, -0.2) is 9.99 Å². The maximum absolute atomic E-state index is 5.27. The number of methoxy groups -OCH3 is 1. The summed E-state index contributed by atoms with van der Waals surface area (Å²) in [4.78, 5) is 8.42. The van der Waals surface area contributed by atoms with E-state index in [1.807, 2.05) is 6.92 Å². The molecule has 16 heavy (non-hydrogen) atoms. The highest BCUT2D eigenvalue weighted by Crippen LogP contribution is 2.13. The number of hydrogen-bond acceptors (Lipinski definition) is 6. The number of nitrogens with zero attached hydrogens (tertiary/aromatic N) is 3. The van der Waals surface area contributed by atoms with Crippen LogP contribution in [0.4, 0.5) is 5.82 Å². The fourth-order valence-corrected chi connectivity index (χ4v) is 1.54. The first kappa shape index (κ1) is 11.1. The predicted octanol–water partition coefficient (Wildman–Crippen LogP) is 0.453. The lowest BCUT2D eigenvalue weighted by molar-refractivity contribution is 0.0494. The second kappa shape index (κ2) is 5.09. The fourth-order valence-electron chi connectivity index (χ4n) is 1.54. The van der Waals surface area contributed by atoms with E-state index >= 15 is 0 Å². The maximum atomic E-state index is 5.27. The van der Waals surface area contributed by atoms with Crippen molar-refractivity contribution in [1.82, 2.24) is 15.0 Å². The fraction of sp³-hybridized carbons (Fsp3) is 0.600. The second-order valence-electron chi connectivity index (χ2n) is 3.55. The zero-order chi connectivity index (χ0) is 11.4. The molecule has 0 atom stereocenters. The molecule has 1 aromatic rings. The van der Waals surface area contributed by atoms with Gasteiger partial charge in [-0.3, -0.25) is 0 Å². The molecule has 0 amide bonds. The number of aryl methyl sites for hydroxylation is 1. The summed E-state index contributed by atoms with van der Waals surface area (Å²) in [6.45, 7) is 5.03. The van der Waals surface area contributed by atoms with E-state index in [-0.39, 0.29) is 0 Å². The third kappa shape index (κ3) is 2.80. The number of morpholine rings is 1. The molecule has 0 aliphatic carbocycles. The van der Waals surface area contributed by atoms with Gasteiger partial charge in [0.2, 0.25) is 5.88 Å². The minimum atomic E-state index is 0.572. The average molecular weight is 224 g/mol. The highest BCUT2D eigenvalue weighted by molar-refractivity contribution is 5.37. The van der Waals surface area contributed by atoms with Crippen LogP contribution in [0.2, 0.25) is 0 Å². The quantitative estimate of drug-likeness (QED) is 0.804. The van der Waals surface area contributed by atoms with Gasteiger partial charge in [0, 0.05) is 19.2 Å². The number of anilines is 1. The maximum Gasteiger partial charge on any atom is 0.218 e. The number of aromatic nitrogens is 2. The summed E-state index contributed by atoms with van der Waals surface area (Å²) in [6.07, 6.45) is 0. The summed E-state index contributed by atoms with van der Waals surface area (Å²) in [5.74, 6) is 2.02. The molecule has 6 heteroatoms. The number of nitrogens with one attached hydrogen (secondary N) is 1. The van der Waals surface area contributed by atoms with Gasteiger partial charge in [-0.15, -0.1) is 0 Å². The van der Waals surface area contributed by atoms with Gasteiger partial charge in [0.05, 0.1) is 20.3 Å². The van der Waals surface area contributed by atoms with Crippen LogP contribution in [0.5, 0.6) is 5.88 Å². The van der Waals surface area contributed by atoms with Gasteiger partial charge < -0.3 is 14.9 Å². The van der Waals surface area contributed by atoms with Crippen molar-refractivity contribution < 1.29 is 9.47 Å². The Bertz CT molecular complexity index is 353. The molecule has 1 saturated heterocycles. The van der Waals surface area contributed by atoms with Gasteiger partial charge in [-0.2, -0.15) is 4.98 Å². The molecular formula is C10H16N4O2. The molecule has 88 valence electrons. The molecule has 1 aliphatic heterocycles. The van der Waals surface area contributed by atoms with Crippen LogP contribution in [0.3, 0.4) is 0 Å². The molecule has 6 nitrogen and oxygen atoms in total. The highest BCUT2D eigenvalue weighted by Gasteiger charge is 2.11. The van der Waals surface area contributed by atoms with E-state index in [4.69, 9.17) is 9.47 Å². The highest BCUT2D eigenvalue weighted by atomic mass is 16.5. The van der Waals surface area contributed by atoms with Gasteiger partial charge in [0.25, 0.3) is 0 Å². The van der Waals surface area contributed by atoms with Gasteiger partial charge in [-0.1, -0.05) is 0 Å². The predicted molar refractivity (Wildman–Crippen MR) is 59.3 cm³/mol. The average Bonchev–Trinajstić information content (AvgIpc) is 2.29.